The number of benzene rings is 2. The van der Waals surface area contributed by atoms with E-state index in [-0.39, 0.29) is 37.7 Å². The van der Waals surface area contributed by atoms with E-state index in [9.17, 15) is 29.1 Å². The van der Waals surface area contributed by atoms with Gasteiger partial charge in [0.2, 0.25) is 23.6 Å². The minimum Gasteiger partial charge on any atom is -0.480 e. The zero-order chi connectivity index (χ0) is 34.9. The lowest BCUT2D eigenvalue weighted by atomic mass is 9.97. The number of nitrogens with two attached hydrogens (primary N) is 2. The van der Waals surface area contributed by atoms with Gasteiger partial charge < -0.3 is 43.2 Å². The molecule has 4 amide bonds. The molecule has 256 valence electrons. The molecule has 11 N–H and O–H groups in total. The van der Waals surface area contributed by atoms with Crippen LogP contribution >= 0.6 is 0 Å². The monoisotopic (exact) mass is 652 g/mol. The fourth-order valence-corrected chi connectivity index (χ4v) is 4.70. The number of rotatable bonds is 19. The zero-order valence-electron chi connectivity index (χ0n) is 27.1. The Morgan fingerprint density at radius 1 is 0.745 bits per heavy atom. The number of guanidine groups is 1. The summed E-state index contributed by atoms with van der Waals surface area (Å²) >= 11 is 0. The molecule has 2 aromatic rings. The van der Waals surface area contributed by atoms with Crippen molar-refractivity contribution in [3.8, 4) is 0 Å². The van der Waals surface area contributed by atoms with Gasteiger partial charge in [0.15, 0.2) is 5.96 Å². The molecule has 6 atom stereocenters. The number of nitrogens with one attached hydrogen (secondary N) is 6. The number of carbonyl (C=O) groups is 5. The van der Waals surface area contributed by atoms with Gasteiger partial charge in [0.25, 0.3) is 0 Å². The third-order valence-corrected chi connectivity index (χ3v) is 7.64. The van der Waals surface area contributed by atoms with Crippen molar-refractivity contribution < 1.29 is 29.1 Å². The van der Waals surface area contributed by atoms with Crippen LogP contribution in [-0.2, 0) is 36.8 Å². The van der Waals surface area contributed by atoms with Crippen LogP contribution in [0.5, 0.6) is 0 Å². The standard InChI is InChI=1S/C33H48N8O6/c1-4-20(2)27(41-28(42)21(3)34)31(45)38-24(16-11-17-37-33(35)36)29(43)39-25(18-22-12-7-5-8-13-22)30(44)40-26(32(46)47)19-23-14-9-6-10-15-23/h5-10,12-15,20-21,24-27H,4,11,16-19,34H2,1-3H3,(H,38,45)(H,39,43)(H,40,44)(H,41,42)(H,46,47)(H4,35,36,37)/t20-,21-,24-,25-,26-,27-/m0/s1. The minimum absolute atomic E-state index is 0.0277. The molecule has 14 heteroatoms. The molecule has 0 fully saturated rings. The summed E-state index contributed by atoms with van der Waals surface area (Å²) in [6.07, 6.45) is 1.02. The highest BCUT2D eigenvalue weighted by atomic mass is 16.4. The molecule has 0 aliphatic heterocycles. The lowest BCUT2D eigenvalue weighted by molar-refractivity contribution is -0.142. The highest BCUT2D eigenvalue weighted by molar-refractivity contribution is 5.95. The highest BCUT2D eigenvalue weighted by Gasteiger charge is 2.33. The summed E-state index contributed by atoms with van der Waals surface area (Å²) in [5.74, 6) is -4.32. The first-order valence-electron chi connectivity index (χ1n) is 15.7. The molecule has 0 saturated heterocycles. The lowest BCUT2D eigenvalue weighted by Gasteiger charge is -2.28. The van der Waals surface area contributed by atoms with Gasteiger partial charge in [0, 0.05) is 19.4 Å². The Balaban J connectivity index is 2.34. The molecular formula is C33H48N8O6. The van der Waals surface area contributed by atoms with E-state index in [0.717, 1.165) is 0 Å². The Kier molecular flexibility index (Phi) is 15.9. The average molecular weight is 653 g/mol. The molecule has 0 unspecified atom stereocenters. The van der Waals surface area contributed by atoms with Crippen LogP contribution in [0, 0.1) is 11.3 Å². The molecule has 0 bridgehead atoms. The maximum absolute atomic E-state index is 13.8. The lowest BCUT2D eigenvalue weighted by Crippen LogP contribution is -2.59. The molecule has 0 aliphatic carbocycles. The second kappa shape index (κ2) is 19.5. The number of amides is 4. The van der Waals surface area contributed by atoms with E-state index in [2.05, 4.69) is 26.6 Å². The Labute approximate surface area is 275 Å². The molecule has 0 radical (unpaired) electrons. The molecule has 47 heavy (non-hydrogen) atoms. The number of hydrogen-bond donors (Lipinski definition) is 9. The summed E-state index contributed by atoms with van der Waals surface area (Å²) in [6.45, 7) is 5.37. The quantitative estimate of drug-likeness (QED) is 0.0569. The zero-order valence-corrected chi connectivity index (χ0v) is 27.1. The van der Waals surface area contributed by atoms with Gasteiger partial charge in [-0.2, -0.15) is 0 Å². The number of carboxylic acid groups (broad SMARTS) is 1. The fourth-order valence-electron chi connectivity index (χ4n) is 4.70. The second-order valence-electron chi connectivity index (χ2n) is 11.5. The first kappa shape index (κ1) is 38.2. The maximum Gasteiger partial charge on any atom is 0.326 e. The van der Waals surface area contributed by atoms with Gasteiger partial charge >= 0.3 is 5.97 Å². The highest BCUT2D eigenvalue weighted by Crippen LogP contribution is 2.11. The van der Waals surface area contributed by atoms with Crippen LogP contribution in [0.3, 0.4) is 0 Å². The van der Waals surface area contributed by atoms with E-state index >= 15 is 0 Å². The first-order chi connectivity index (χ1) is 22.3. The van der Waals surface area contributed by atoms with Crippen LogP contribution in [0.25, 0.3) is 0 Å². The van der Waals surface area contributed by atoms with Crippen molar-refractivity contribution in [3.05, 3.63) is 71.8 Å². The van der Waals surface area contributed by atoms with Crippen LogP contribution < -0.4 is 38.1 Å². The van der Waals surface area contributed by atoms with Gasteiger partial charge in [-0.1, -0.05) is 80.9 Å². The Morgan fingerprint density at radius 2 is 1.23 bits per heavy atom. The molecule has 0 heterocycles. The molecule has 0 spiro atoms. The van der Waals surface area contributed by atoms with Crippen LogP contribution in [-0.4, -0.2) is 77.4 Å². The van der Waals surface area contributed by atoms with Crippen LogP contribution in [0.4, 0.5) is 0 Å². The predicted octanol–water partition coefficient (Wildman–Crippen LogP) is 0.152. The fraction of sp³-hybridized carbons (Fsp3) is 0.455. The second-order valence-corrected chi connectivity index (χ2v) is 11.5. The summed E-state index contributed by atoms with van der Waals surface area (Å²) in [7, 11) is 0. The number of hydrogen-bond acceptors (Lipinski definition) is 7. The van der Waals surface area contributed by atoms with Crippen molar-refractivity contribution in [1.29, 1.82) is 5.41 Å². The molecule has 0 aromatic heterocycles. The minimum atomic E-state index is -1.27. The molecule has 0 aliphatic rings. The Bertz CT molecular complexity index is 1340. The predicted molar refractivity (Wildman–Crippen MR) is 178 cm³/mol. The summed E-state index contributed by atoms with van der Waals surface area (Å²) in [4.78, 5) is 65.4. The normalized spacial score (nSPS) is 14.6. The van der Waals surface area contributed by atoms with Gasteiger partial charge in [-0.15, -0.1) is 0 Å². The van der Waals surface area contributed by atoms with Crippen molar-refractivity contribution in [2.45, 2.75) is 83.1 Å². The summed E-state index contributed by atoms with van der Waals surface area (Å²) < 4.78 is 0. The van der Waals surface area contributed by atoms with E-state index in [0.29, 0.717) is 24.0 Å². The van der Waals surface area contributed by atoms with Gasteiger partial charge in [-0.3, -0.25) is 24.6 Å². The van der Waals surface area contributed by atoms with Crippen molar-refractivity contribution in [1.82, 2.24) is 26.6 Å². The summed E-state index contributed by atoms with van der Waals surface area (Å²) in [6, 6.07) is 12.3. The average Bonchev–Trinajstić information content (AvgIpc) is 3.04. The van der Waals surface area contributed by atoms with E-state index in [4.69, 9.17) is 16.9 Å². The number of carboxylic acids is 1. The van der Waals surface area contributed by atoms with Crippen molar-refractivity contribution >= 4 is 35.6 Å². The van der Waals surface area contributed by atoms with Crippen LogP contribution in [0.1, 0.15) is 51.2 Å². The smallest absolute Gasteiger partial charge is 0.326 e. The van der Waals surface area contributed by atoms with E-state index < -0.39 is 59.8 Å². The molecule has 2 aromatic carbocycles. The number of carbonyl (C=O) groups excluding carboxylic acids is 4. The topological polar surface area (TPSA) is 242 Å². The van der Waals surface area contributed by atoms with E-state index in [1.54, 1.807) is 67.6 Å². The Hall–Kier alpha value is -4.98. The van der Waals surface area contributed by atoms with Gasteiger partial charge in [-0.25, -0.2) is 4.79 Å². The first-order valence-corrected chi connectivity index (χ1v) is 15.7. The molecule has 14 nitrogen and oxygen atoms in total. The van der Waals surface area contributed by atoms with E-state index in [1.807, 2.05) is 6.92 Å². The summed E-state index contributed by atoms with van der Waals surface area (Å²) in [5, 5.41) is 30.6. The third kappa shape index (κ3) is 13.5. The maximum atomic E-state index is 13.8. The van der Waals surface area contributed by atoms with E-state index in [1.165, 1.54) is 6.92 Å². The van der Waals surface area contributed by atoms with Crippen molar-refractivity contribution in [2.75, 3.05) is 6.54 Å². The SMILES string of the molecule is CC[C@H](C)[C@H](NC(=O)[C@H](C)N)C(=O)N[C@@H](CCCNC(=N)N)C(=O)N[C@@H](Cc1ccccc1)C(=O)N[C@@H](Cc1ccccc1)C(=O)O. The van der Waals surface area contributed by atoms with Crippen molar-refractivity contribution in [2.24, 2.45) is 17.4 Å². The third-order valence-electron chi connectivity index (χ3n) is 7.64. The summed E-state index contributed by atoms with van der Waals surface area (Å²) in [5.41, 5.74) is 12.5. The molecule has 0 saturated carbocycles. The largest absolute Gasteiger partial charge is 0.480 e. The molecular weight excluding hydrogens is 604 g/mol. The Morgan fingerprint density at radius 3 is 1.72 bits per heavy atom. The number of aliphatic carboxylic acids is 1. The van der Waals surface area contributed by atoms with Crippen LogP contribution in [0.15, 0.2) is 60.7 Å². The molecule has 2 rings (SSSR count). The van der Waals surface area contributed by atoms with Gasteiger partial charge in [0.1, 0.15) is 24.2 Å². The van der Waals surface area contributed by atoms with Gasteiger partial charge in [-0.05, 0) is 36.8 Å². The van der Waals surface area contributed by atoms with Crippen LogP contribution in [0.2, 0.25) is 0 Å². The van der Waals surface area contributed by atoms with Gasteiger partial charge in [0.05, 0.1) is 6.04 Å². The van der Waals surface area contributed by atoms with Crippen molar-refractivity contribution in [3.63, 3.8) is 0 Å².